The molecule has 4 rings (SSSR count). The highest BCUT2D eigenvalue weighted by atomic mass is 35.5. The maximum atomic E-state index is 12.3. The van der Waals surface area contributed by atoms with Gasteiger partial charge in [0, 0.05) is 43.4 Å². The van der Waals surface area contributed by atoms with Gasteiger partial charge in [-0.25, -0.2) is 0 Å². The molecule has 0 radical (unpaired) electrons. The molecule has 1 aliphatic rings. The van der Waals surface area contributed by atoms with Crippen LogP contribution in [0.4, 0.5) is 0 Å². The first-order chi connectivity index (χ1) is 15.3. The normalized spacial score (nSPS) is 15.8. The van der Waals surface area contributed by atoms with Crippen LogP contribution in [0.1, 0.15) is 55.2 Å². The summed E-state index contributed by atoms with van der Waals surface area (Å²) in [6.45, 7) is 10.4. The molecular formula is C26H34ClN3O2. The second kappa shape index (κ2) is 9.42. The van der Waals surface area contributed by atoms with Crippen molar-refractivity contribution in [3.63, 3.8) is 0 Å². The smallest absolute Gasteiger partial charge is 0.269 e. The Balaban J connectivity index is 1.73. The molecular weight excluding hydrogens is 422 g/mol. The van der Waals surface area contributed by atoms with E-state index in [0.717, 1.165) is 48.6 Å². The van der Waals surface area contributed by atoms with Crippen molar-refractivity contribution in [2.45, 2.75) is 45.4 Å². The van der Waals surface area contributed by atoms with E-state index in [-0.39, 0.29) is 5.56 Å². The number of nitrogens with zero attached hydrogens (tertiary/aromatic N) is 2. The highest BCUT2D eigenvalue weighted by Crippen LogP contribution is 2.39. The molecule has 6 heteroatoms. The molecule has 0 bridgehead atoms. The van der Waals surface area contributed by atoms with Gasteiger partial charge < -0.3 is 19.2 Å². The van der Waals surface area contributed by atoms with Crippen LogP contribution in [-0.4, -0.2) is 47.8 Å². The van der Waals surface area contributed by atoms with Gasteiger partial charge in [-0.2, -0.15) is 0 Å². The van der Waals surface area contributed by atoms with Gasteiger partial charge in [-0.05, 0) is 73.5 Å². The van der Waals surface area contributed by atoms with Crippen molar-refractivity contribution in [3.05, 3.63) is 56.5 Å². The Labute approximate surface area is 195 Å². The summed E-state index contributed by atoms with van der Waals surface area (Å²) in [5.74, 6) is 0.922. The number of piperidine rings is 1. The van der Waals surface area contributed by atoms with Crippen LogP contribution < -0.4 is 5.56 Å². The summed E-state index contributed by atoms with van der Waals surface area (Å²) in [7, 11) is 3.52. The fraction of sp³-hybridized carbons (Fsp3) is 0.500. The Kier molecular flexibility index (Phi) is 6.80. The number of ether oxygens (including phenoxy) is 1. The molecule has 3 heterocycles. The fourth-order valence-corrected chi connectivity index (χ4v) is 5.28. The number of nitrogens with one attached hydrogen (secondary N) is 1. The Morgan fingerprint density at radius 3 is 2.62 bits per heavy atom. The van der Waals surface area contributed by atoms with Crippen LogP contribution in [0.3, 0.4) is 0 Å². The predicted molar refractivity (Wildman–Crippen MR) is 133 cm³/mol. The van der Waals surface area contributed by atoms with E-state index in [0.29, 0.717) is 16.9 Å². The van der Waals surface area contributed by atoms with Crippen molar-refractivity contribution < 1.29 is 4.74 Å². The molecule has 3 aromatic rings. The molecule has 0 aliphatic carbocycles. The summed E-state index contributed by atoms with van der Waals surface area (Å²) < 4.78 is 6.81. The highest BCUT2D eigenvalue weighted by Gasteiger charge is 2.23. The minimum atomic E-state index is -0.158. The third-order valence-electron chi connectivity index (χ3n) is 6.94. The lowest BCUT2D eigenvalue weighted by Crippen LogP contribution is -2.35. The Hall–Kier alpha value is -2.08. The quantitative estimate of drug-likeness (QED) is 0.538. The molecule has 1 saturated heterocycles. The number of rotatable bonds is 6. The minimum Gasteiger partial charge on any atom is -0.383 e. The monoisotopic (exact) mass is 455 g/mol. The van der Waals surface area contributed by atoms with E-state index in [1.54, 1.807) is 18.7 Å². The van der Waals surface area contributed by atoms with Crippen molar-refractivity contribution in [2.24, 2.45) is 7.05 Å². The van der Waals surface area contributed by atoms with E-state index in [9.17, 15) is 4.79 Å². The van der Waals surface area contributed by atoms with Crippen LogP contribution in [0, 0.1) is 6.92 Å². The van der Waals surface area contributed by atoms with E-state index >= 15 is 0 Å². The maximum Gasteiger partial charge on any atom is 0.269 e. The Morgan fingerprint density at radius 1 is 1.25 bits per heavy atom. The number of aromatic nitrogens is 2. The average Bonchev–Trinajstić information content (AvgIpc) is 3.17. The average molecular weight is 456 g/mol. The number of aromatic amines is 1. The Morgan fingerprint density at radius 2 is 1.97 bits per heavy atom. The number of hydrogen-bond donors (Lipinski definition) is 1. The van der Waals surface area contributed by atoms with E-state index in [4.69, 9.17) is 16.3 Å². The molecule has 0 saturated carbocycles. The lowest BCUT2D eigenvalue weighted by atomic mass is 9.87. The highest BCUT2D eigenvalue weighted by molar-refractivity contribution is 6.31. The van der Waals surface area contributed by atoms with Crippen LogP contribution in [-0.2, 0) is 11.8 Å². The zero-order chi connectivity index (χ0) is 23.0. The summed E-state index contributed by atoms with van der Waals surface area (Å²) in [5.41, 5.74) is 6.57. The van der Waals surface area contributed by atoms with Crippen LogP contribution in [0.15, 0.2) is 29.2 Å². The third kappa shape index (κ3) is 4.26. The molecule has 1 N–H and O–H groups in total. The number of pyridine rings is 1. The number of likely N-dealkylation sites (tertiary alicyclic amines) is 1. The molecule has 1 aromatic carbocycles. The molecule has 0 spiro atoms. The second-order valence-electron chi connectivity index (χ2n) is 9.38. The number of H-pyrrole nitrogens is 1. The van der Waals surface area contributed by atoms with Gasteiger partial charge in [-0.1, -0.05) is 31.5 Å². The third-order valence-corrected chi connectivity index (χ3v) is 7.39. The molecule has 1 aliphatic heterocycles. The summed E-state index contributed by atoms with van der Waals surface area (Å²) >= 11 is 6.38. The molecule has 5 nitrogen and oxygen atoms in total. The van der Waals surface area contributed by atoms with E-state index < -0.39 is 0 Å². The van der Waals surface area contributed by atoms with Crippen LogP contribution >= 0.6 is 11.6 Å². The van der Waals surface area contributed by atoms with Crippen molar-refractivity contribution in [2.75, 3.05) is 33.4 Å². The number of benzene rings is 1. The lowest BCUT2D eigenvalue weighted by Gasteiger charge is -2.32. The SMILES string of the molecule is COCCN1CCC(c2ccc3[nH]c(-c4cn(C)c(=O)c(Cl)c4C)c(C(C)C)c3c2)CC1. The number of halogens is 1. The number of fused-ring (bicyclic) bond motifs is 1. The number of hydrogen-bond acceptors (Lipinski definition) is 3. The standard InChI is InChI=1S/C26H34ClN3O2/c1-16(2)23-20-14-19(18-8-10-30(11-9-18)12-13-32-5)6-7-22(20)28-25(23)21-15-29(4)26(31)24(27)17(21)3/h6-7,14-16,18,28H,8-13H2,1-5H3. The molecule has 172 valence electrons. The van der Waals surface area contributed by atoms with Crippen LogP contribution in [0.2, 0.25) is 5.02 Å². The largest absolute Gasteiger partial charge is 0.383 e. The van der Waals surface area contributed by atoms with Crippen molar-refractivity contribution >= 4 is 22.5 Å². The van der Waals surface area contributed by atoms with E-state index in [2.05, 4.69) is 41.9 Å². The summed E-state index contributed by atoms with van der Waals surface area (Å²) in [6.07, 6.45) is 4.26. The molecule has 1 fully saturated rings. The van der Waals surface area contributed by atoms with Gasteiger partial charge in [0.05, 0.1) is 12.3 Å². The fourth-order valence-electron chi connectivity index (χ4n) is 5.04. The summed E-state index contributed by atoms with van der Waals surface area (Å²) in [4.78, 5) is 18.4. The van der Waals surface area contributed by atoms with Gasteiger partial charge in [0.25, 0.3) is 5.56 Å². The zero-order valence-electron chi connectivity index (χ0n) is 19.8. The van der Waals surface area contributed by atoms with Gasteiger partial charge in [0.1, 0.15) is 5.02 Å². The van der Waals surface area contributed by atoms with Crippen molar-refractivity contribution in [1.29, 1.82) is 0 Å². The zero-order valence-corrected chi connectivity index (χ0v) is 20.6. The second-order valence-corrected chi connectivity index (χ2v) is 9.76. The van der Waals surface area contributed by atoms with Gasteiger partial charge >= 0.3 is 0 Å². The van der Waals surface area contributed by atoms with Crippen LogP contribution in [0.5, 0.6) is 0 Å². The van der Waals surface area contributed by atoms with E-state index in [1.807, 2.05) is 13.1 Å². The summed E-state index contributed by atoms with van der Waals surface area (Å²) in [5, 5.41) is 1.57. The topological polar surface area (TPSA) is 50.3 Å². The Bertz CT molecular complexity index is 1170. The van der Waals surface area contributed by atoms with Gasteiger partial charge in [-0.15, -0.1) is 0 Å². The number of aryl methyl sites for hydroxylation is 1. The van der Waals surface area contributed by atoms with Gasteiger partial charge in [-0.3, -0.25) is 4.79 Å². The van der Waals surface area contributed by atoms with E-state index in [1.165, 1.54) is 29.4 Å². The molecule has 0 amide bonds. The van der Waals surface area contributed by atoms with Gasteiger partial charge in [0.15, 0.2) is 0 Å². The number of methoxy groups -OCH3 is 1. The summed E-state index contributed by atoms with van der Waals surface area (Å²) in [6, 6.07) is 6.89. The van der Waals surface area contributed by atoms with Crippen LogP contribution in [0.25, 0.3) is 22.2 Å². The predicted octanol–water partition coefficient (Wildman–Crippen LogP) is 5.44. The first-order valence-corrected chi connectivity index (χ1v) is 11.9. The first-order valence-electron chi connectivity index (χ1n) is 11.5. The molecule has 2 aromatic heterocycles. The molecule has 0 unspecified atom stereocenters. The van der Waals surface area contributed by atoms with Crippen molar-refractivity contribution in [1.82, 2.24) is 14.5 Å². The van der Waals surface area contributed by atoms with Crippen molar-refractivity contribution in [3.8, 4) is 11.3 Å². The first kappa shape index (κ1) is 23.1. The maximum absolute atomic E-state index is 12.3. The van der Waals surface area contributed by atoms with Gasteiger partial charge in [0.2, 0.25) is 0 Å². The lowest BCUT2D eigenvalue weighted by molar-refractivity contribution is 0.130. The molecule has 32 heavy (non-hydrogen) atoms. The molecule has 0 atom stereocenters. The minimum absolute atomic E-state index is 0.158.